The van der Waals surface area contributed by atoms with Crippen LogP contribution in [-0.2, 0) is 21.2 Å². The van der Waals surface area contributed by atoms with Crippen LogP contribution in [0.15, 0.2) is 40.0 Å². The van der Waals surface area contributed by atoms with E-state index in [1.807, 2.05) is 6.92 Å². The molecule has 8 nitrogen and oxygen atoms in total. The zero-order chi connectivity index (χ0) is 21.1. The van der Waals surface area contributed by atoms with Gasteiger partial charge in [-0.1, -0.05) is 11.6 Å². The van der Waals surface area contributed by atoms with Crippen LogP contribution in [0.25, 0.3) is 10.9 Å². The number of halogens is 1. The number of nitrogens with two attached hydrogens (primary N) is 1. The summed E-state index contributed by atoms with van der Waals surface area (Å²) in [6.07, 6.45) is 1.42. The van der Waals surface area contributed by atoms with Crippen molar-refractivity contribution in [2.45, 2.75) is 26.7 Å². The van der Waals surface area contributed by atoms with E-state index in [1.165, 1.54) is 20.2 Å². The lowest BCUT2D eigenvalue weighted by atomic mass is 10.1. The van der Waals surface area contributed by atoms with E-state index < -0.39 is 16.0 Å². The molecule has 2 rings (SSSR count). The van der Waals surface area contributed by atoms with E-state index in [0.717, 1.165) is 3.97 Å². The van der Waals surface area contributed by atoms with Gasteiger partial charge < -0.3 is 15.6 Å². The Morgan fingerprint density at radius 3 is 2.61 bits per heavy atom. The first-order chi connectivity index (χ1) is 13.1. The molecule has 1 heterocycles. The molecular weight excluding hydrogens is 406 g/mol. The Bertz CT molecular complexity index is 1070. The number of carbonyl (C=O) groups is 1. The number of aliphatic carboxylic acids is 1. The molecule has 28 heavy (non-hydrogen) atoms. The van der Waals surface area contributed by atoms with Crippen molar-refractivity contribution < 1.29 is 23.1 Å². The molecule has 0 bridgehead atoms. The first kappa shape index (κ1) is 21.8. The Morgan fingerprint density at radius 1 is 1.39 bits per heavy atom. The van der Waals surface area contributed by atoms with Crippen molar-refractivity contribution in [3.8, 4) is 5.75 Å². The van der Waals surface area contributed by atoms with Gasteiger partial charge in [-0.05, 0) is 38.0 Å². The number of fused-ring (bicyclic) bond motifs is 1. The number of nitrogens with zero attached hydrogens (tertiary/aromatic N) is 2. The summed E-state index contributed by atoms with van der Waals surface area (Å²) in [4.78, 5) is 14.4. The van der Waals surface area contributed by atoms with Crippen LogP contribution in [0.5, 0.6) is 5.75 Å². The van der Waals surface area contributed by atoms with Crippen LogP contribution < -0.4 is 10.5 Å². The number of ether oxygens (including phenoxy) is 1. The maximum atomic E-state index is 13.3. The SMILES string of the molecule is CCOc1ccc2c(CCC(=O)O)cn(S(=O)(=O)C(C(Cl)=NC)=C(C)N)c2c1. The first-order valence-electron chi connectivity index (χ1n) is 8.46. The average molecular weight is 428 g/mol. The van der Waals surface area contributed by atoms with Gasteiger partial charge in [0, 0.05) is 36.8 Å². The molecule has 0 amide bonds. The van der Waals surface area contributed by atoms with Gasteiger partial charge in [0.25, 0.3) is 10.0 Å². The highest BCUT2D eigenvalue weighted by molar-refractivity contribution is 7.95. The molecule has 3 N–H and O–H groups in total. The van der Waals surface area contributed by atoms with Crippen LogP contribution in [-0.4, -0.2) is 42.3 Å². The number of carboxylic acid groups (broad SMARTS) is 1. The van der Waals surface area contributed by atoms with E-state index in [0.29, 0.717) is 28.8 Å². The van der Waals surface area contributed by atoms with Crippen LogP contribution in [0.2, 0.25) is 0 Å². The lowest BCUT2D eigenvalue weighted by molar-refractivity contribution is -0.136. The minimum atomic E-state index is -4.18. The monoisotopic (exact) mass is 427 g/mol. The molecule has 0 aliphatic heterocycles. The van der Waals surface area contributed by atoms with Gasteiger partial charge in [-0.3, -0.25) is 9.79 Å². The summed E-state index contributed by atoms with van der Waals surface area (Å²) in [6, 6.07) is 5.00. The zero-order valence-corrected chi connectivity index (χ0v) is 17.3. The maximum Gasteiger partial charge on any atom is 0.303 e. The highest BCUT2D eigenvalue weighted by Crippen LogP contribution is 2.31. The number of hydrogen-bond acceptors (Lipinski definition) is 6. The summed E-state index contributed by atoms with van der Waals surface area (Å²) >= 11 is 6.02. The van der Waals surface area contributed by atoms with Gasteiger partial charge >= 0.3 is 5.97 Å². The molecule has 0 spiro atoms. The Labute approximate surface area is 168 Å². The summed E-state index contributed by atoms with van der Waals surface area (Å²) in [7, 11) is -2.82. The van der Waals surface area contributed by atoms with Gasteiger partial charge in [0.05, 0.1) is 12.1 Å². The van der Waals surface area contributed by atoms with Crippen molar-refractivity contribution in [3.63, 3.8) is 0 Å². The highest BCUT2D eigenvalue weighted by Gasteiger charge is 2.28. The van der Waals surface area contributed by atoms with Crippen molar-refractivity contribution >= 4 is 43.7 Å². The first-order valence-corrected chi connectivity index (χ1v) is 10.3. The van der Waals surface area contributed by atoms with Crippen molar-refractivity contribution in [1.82, 2.24) is 3.97 Å². The number of aromatic nitrogens is 1. The van der Waals surface area contributed by atoms with Crippen molar-refractivity contribution in [2.24, 2.45) is 10.7 Å². The zero-order valence-electron chi connectivity index (χ0n) is 15.8. The normalized spacial score (nSPS) is 13.5. The van der Waals surface area contributed by atoms with E-state index >= 15 is 0 Å². The third-order valence-corrected chi connectivity index (χ3v) is 6.32. The standard InChI is InChI=1S/C18H22ClN3O5S/c1-4-27-13-6-7-14-12(5-8-16(23)24)10-22(15(14)9-13)28(25,26)17(11(2)20)18(19)21-3/h6-7,9-10H,4-5,8,20H2,1-3H3,(H,23,24). The number of carboxylic acids is 1. The van der Waals surface area contributed by atoms with Crippen LogP contribution in [0.3, 0.4) is 0 Å². The molecule has 152 valence electrons. The van der Waals surface area contributed by atoms with Crippen molar-refractivity contribution in [3.05, 3.63) is 40.6 Å². The number of aliphatic imine (C=N–C) groups is 1. The fourth-order valence-electron chi connectivity index (χ4n) is 2.81. The number of aryl methyl sites for hydroxylation is 1. The minimum absolute atomic E-state index is 0.00880. The van der Waals surface area contributed by atoms with Crippen LogP contribution in [0, 0.1) is 0 Å². The Morgan fingerprint density at radius 2 is 2.07 bits per heavy atom. The number of rotatable bonds is 8. The Balaban J connectivity index is 2.78. The fourth-order valence-corrected chi connectivity index (χ4v) is 4.84. The molecule has 0 unspecified atom stereocenters. The number of hydrogen-bond donors (Lipinski definition) is 2. The Kier molecular flexibility index (Phi) is 6.73. The molecule has 0 saturated carbocycles. The second-order valence-electron chi connectivity index (χ2n) is 5.99. The van der Waals surface area contributed by atoms with Crippen molar-refractivity contribution in [1.29, 1.82) is 0 Å². The van der Waals surface area contributed by atoms with Gasteiger partial charge in [-0.25, -0.2) is 12.4 Å². The maximum absolute atomic E-state index is 13.3. The van der Waals surface area contributed by atoms with Gasteiger partial charge in [0.2, 0.25) is 0 Å². The molecule has 0 aliphatic carbocycles. The average Bonchev–Trinajstić information content (AvgIpc) is 2.98. The molecule has 0 fully saturated rings. The smallest absolute Gasteiger partial charge is 0.303 e. The predicted molar refractivity (Wildman–Crippen MR) is 109 cm³/mol. The topological polar surface area (TPSA) is 124 Å². The van der Waals surface area contributed by atoms with Gasteiger partial charge in [-0.2, -0.15) is 0 Å². The molecule has 0 atom stereocenters. The van der Waals surface area contributed by atoms with Gasteiger partial charge in [0.15, 0.2) is 0 Å². The molecule has 2 aromatic rings. The van der Waals surface area contributed by atoms with E-state index in [9.17, 15) is 13.2 Å². The highest BCUT2D eigenvalue weighted by atomic mass is 35.5. The van der Waals surface area contributed by atoms with Crippen LogP contribution in [0.1, 0.15) is 25.8 Å². The summed E-state index contributed by atoms with van der Waals surface area (Å²) in [6.45, 7) is 3.64. The summed E-state index contributed by atoms with van der Waals surface area (Å²) < 4.78 is 33.1. The molecule has 1 aromatic carbocycles. The lowest BCUT2D eigenvalue weighted by Gasteiger charge is -2.12. The molecule has 1 aromatic heterocycles. The van der Waals surface area contributed by atoms with E-state index in [2.05, 4.69) is 4.99 Å². The molecule has 0 saturated heterocycles. The minimum Gasteiger partial charge on any atom is -0.494 e. The number of benzene rings is 1. The fraction of sp³-hybridized carbons (Fsp3) is 0.333. The lowest BCUT2D eigenvalue weighted by Crippen LogP contribution is -2.21. The molecule has 0 aliphatic rings. The second-order valence-corrected chi connectivity index (χ2v) is 8.10. The molecule has 0 radical (unpaired) electrons. The van der Waals surface area contributed by atoms with Gasteiger partial charge in [0.1, 0.15) is 15.8 Å². The van der Waals surface area contributed by atoms with Crippen molar-refractivity contribution in [2.75, 3.05) is 13.7 Å². The second kappa shape index (κ2) is 8.66. The third-order valence-electron chi connectivity index (χ3n) is 4.00. The summed E-state index contributed by atoms with van der Waals surface area (Å²) in [5.41, 5.74) is 6.68. The van der Waals surface area contributed by atoms with Gasteiger partial charge in [-0.15, -0.1) is 0 Å². The van der Waals surface area contributed by atoms with E-state index in [-0.39, 0.29) is 28.6 Å². The summed E-state index contributed by atoms with van der Waals surface area (Å²) in [5.74, 6) is -0.492. The largest absolute Gasteiger partial charge is 0.494 e. The Hall–Kier alpha value is -2.52. The summed E-state index contributed by atoms with van der Waals surface area (Å²) in [5, 5.41) is 9.35. The predicted octanol–water partition coefficient (Wildman–Crippen LogP) is 2.69. The third kappa shape index (κ3) is 4.31. The number of allylic oxidation sites excluding steroid dienone is 2. The van der Waals surface area contributed by atoms with E-state index in [1.54, 1.807) is 18.2 Å². The van der Waals surface area contributed by atoms with Crippen LogP contribution in [0.4, 0.5) is 0 Å². The molecule has 10 heteroatoms. The molecular formula is C18H22ClN3O5S. The van der Waals surface area contributed by atoms with Crippen LogP contribution >= 0.6 is 11.6 Å². The quantitative estimate of drug-likeness (QED) is 0.624. The van der Waals surface area contributed by atoms with E-state index in [4.69, 9.17) is 27.2 Å².